The van der Waals surface area contributed by atoms with Crippen LogP contribution in [0.1, 0.15) is 6.42 Å². The van der Waals surface area contributed by atoms with Gasteiger partial charge in [-0.2, -0.15) is 0 Å². The highest BCUT2D eigenvalue weighted by Crippen LogP contribution is 2.39. The molecule has 1 amide bonds. The number of hydrogen-bond donors (Lipinski definition) is 5. The minimum absolute atomic E-state index is 0.224. The number of nitrogens with one attached hydrogen (secondary N) is 1. The predicted molar refractivity (Wildman–Crippen MR) is 70.2 cm³/mol. The van der Waals surface area contributed by atoms with E-state index in [1.54, 1.807) is 0 Å². The lowest BCUT2D eigenvalue weighted by atomic mass is 10.1. The van der Waals surface area contributed by atoms with Crippen LogP contribution in [-0.4, -0.2) is 55.7 Å². The van der Waals surface area contributed by atoms with Crippen LogP contribution in [0.25, 0.3) is 0 Å². The molecule has 1 aliphatic carbocycles. The summed E-state index contributed by atoms with van der Waals surface area (Å²) < 4.78 is 15.1. The van der Waals surface area contributed by atoms with Gasteiger partial charge in [-0.25, -0.2) is 4.57 Å². The summed E-state index contributed by atoms with van der Waals surface area (Å²) in [6.07, 6.45) is 0.565. The fraction of sp³-hybridized carbons (Fsp3) is 0.545. The molecule has 2 aliphatic rings. The van der Waals surface area contributed by atoms with Crippen molar-refractivity contribution in [1.29, 1.82) is 0 Å². The molecule has 0 saturated heterocycles. The van der Waals surface area contributed by atoms with Gasteiger partial charge in [-0.15, -0.1) is 0 Å². The molecule has 4 atom stereocenters. The van der Waals surface area contributed by atoms with Crippen molar-refractivity contribution in [2.45, 2.75) is 24.7 Å². The van der Waals surface area contributed by atoms with Crippen LogP contribution in [-0.2, 0) is 13.9 Å². The molecule has 2 rings (SSSR count). The van der Waals surface area contributed by atoms with Gasteiger partial charge in [-0.1, -0.05) is 6.58 Å². The third-order valence-corrected chi connectivity index (χ3v) is 4.04. The third kappa shape index (κ3) is 3.70. The number of carbonyl (C=O) groups is 1. The summed E-state index contributed by atoms with van der Waals surface area (Å²) in [6, 6.07) is -0.574. The largest absolute Gasteiger partial charge is 0.469 e. The Bertz CT molecular complexity index is 517. The van der Waals surface area contributed by atoms with Crippen LogP contribution >= 0.6 is 7.82 Å². The monoisotopic (exact) mass is 320 g/mol. The first-order valence-corrected chi connectivity index (χ1v) is 7.74. The summed E-state index contributed by atoms with van der Waals surface area (Å²) in [6.45, 7) is 3.28. The van der Waals surface area contributed by atoms with E-state index in [0.717, 1.165) is 0 Å². The molecule has 9 nitrogen and oxygen atoms in total. The zero-order valence-corrected chi connectivity index (χ0v) is 11.9. The van der Waals surface area contributed by atoms with Crippen LogP contribution < -0.4 is 5.32 Å². The fourth-order valence-corrected chi connectivity index (χ4v) is 2.92. The molecule has 0 aromatic heterocycles. The first kappa shape index (κ1) is 16.2. The summed E-state index contributed by atoms with van der Waals surface area (Å²) in [5.41, 5.74) is 0. The number of hydrogen-bond acceptors (Lipinski definition) is 6. The van der Waals surface area contributed by atoms with Crippen molar-refractivity contribution in [1.82, 2.24) is 10.2 Å². The molecular formula is C11H17N2O7P. The Balaban J connectivity index is 2.06. The zero-order chi connectivity index (χ0) is 15.8. The van der Waals surface area contributed by atoms with E-state index < -0.39 is 32.0 Å². The van der Waals surface area contributed by atoms with Crippen molar-refractivity contribution in [2.24, 2.45) is 5.92 Å². The summed E-state index contributed by atoms with van der Waals surface area (Å²) in [4.78, 5) is 30.0. The normalized spacial score (nSPS) is 33.4. The number of phosphoric ester groups is 1. The number of aliphatic hydroxyl groups excluding tert-OH is 2. The Morgan fingerprint density at radius 1 is 1.43 bits per heavy atom. The molecule has 0 radical (unpaired) electrons. The number of amides is 1. The van der Waals surface area contributed by atoms with Gasteiger partial charge in [-0.05, 0) is 6.42 Å². The molecule has 0 spiro atoms. The SMILES string of the molecule is C=C1NC(=O)C=CN1[C@@H]1C[C@H](COP(=O)(O)O)[C@@H](O)C1O. The summed E-state index contributed by atoms with van der Waals surface area (Å²) in [5.74, 6) is -0.725. The maximum Gasteiger partial charge on any atom is 0.469 e. The molecule has 0 aromatic rings. The predicted octanol–water partition coefficient (Wildman–Crippen LogP) is -1.38. The van der Waals surface area contributed by atoms with Crippen molar-refractivity contribution in [3.8, 4) is 0 Å². The lowest BCUT2D eigenvalue weighted by Gasteiger charge is -2.33. The fourth-order valence-electron chi connectivity index (χ4n) is 2.53. The Kier molecular flexibility index (Phi) is 4.52. The Morgan fingerprint density at radius 2 is 2.10 bits per heavy atom. The minimum atomic E-state index is -4.63. The summed E-state index contributed by atoms with van der Waals surface area (Å²) in [5, 5.41) is 22.5. The molecule has 1 heterocycles. The maximum atomic E-state index is 11.2. The average Bonchev–Trinajstić information content (AvgIpc) is 2.64. The molecule has 1 aliphatic heterocycles. The molecule has 1 unspecified atom stereocenters. The molecule has 1 fully saturated rings. The van der Waals surface area contributed by atoms with Gasteiger partial charge in [0.15, 0.2) is 0 Å². The van der Waals surface area contributed by atoms with Gasteiger partial charge in [0.2, 0.25) is 0 Å². The van der Waals surface area contributed by atoms with Gasteiger partial charge in [0.05, 0.1) is 18.8 Å². The highest BCUT2D eigenvalue weighted by molar-refractivity contribution is 7.46. The van der Waals surface area contributed by atoms with Crippen molar-refractivity contribution in [3.63, 3.8) is 0 Å². The molecule has 5 N–H and O–H groups in total. The lowest BCUT2D eigenvalue weighted by Crippen LogP contribution is -2.45. The number of aliphatic hydroxyl groups is 2. The Hall–Kier alpha value is -1.22. The van der Waals surface area contributed by atoms with Crippen LogP contribution in [0.5, 0.6) is 0 Å². The summed E-state index contributed by atoms with van der Waals surface area (Å²) >= 11 is 0. The molecule has 21 heavy (non-hydrogen) atoms. The van der Waals surface area contributed by atoms with Crippen molar-refractivity contribution in [3.05, 3.63) is 24.7 Å². The smallest absolute Gasteiger partial charge is 0.390 e. The zero-order valence-electron chi connectivity index (χ0n) is 11.0. The topological polar surface area (TPSA) is 140 Å². The van der Waals surface area contributed by atoms with Crippen molar-refractivity contribution >= 4 is 13.7 Å². The molecular weight excluding hydrogens is 303 g/mol. The number of carbonyl (C=O) groups excluding carboxylic acids is 1. The number of nitrogens with zero attached hydrogens (tertiary/aromatic N) is 1. The first-order chi connectivity index (χ1) is 9.69. The quantitative estimate of drug-likeness (QED) is 0.399. The van der Waals surface area contributed by atoms with Crippen LogP contribution in [0.15, 0.2) is 24.7 Å². The van der Waals surface area contributed by atoms with Crippen molar-refractivity contribution < 1.29 is 33.9 Å². The van der Waals surface area contributed by atoms with E-state index in [1.165, 1.54) is 17.2 Å². The Morgan fingerprint density at radius 3 is 2.67 bits per heavy atom. The molecule has 10 heteroatoms. The van der Waals surface area contributed by atoms with Crippen LogP contribution in [0.4, 0.5) is 0 Å². The van der Waals surface area contributed by atoms with Crippen LogP contribution in [0.3, 0.4) is 0 Å². The molecule has 0 aromatic carbocycles. The van der Waals surface area contributed by atoms with Gasteiger partial charge in [0.25, 0.3) is 5.91 Å². The van der Waals surface area contributed by atoms with E-state index in [2.05, 4.69) is 16.4 Å². The molecule has 0 bridgehead atoms. The van der Waals surface area contributed by atoms with E-state index in [-0.39, 0.29) is 24.8 Å². The van der Waals surface area contributed by atoms with Gasteiger partial charge >= 0.3 is 7.82 Å². The highest BCUT2D eigenvalue weighted by Gasteiger charge is 2.45. The summed E-state index contributed by atoms with van der Waals surface area (Å²) in [7, 11) is -4.63. The van der Waals surface area contributed by atoms with Gasteiger partial charge in [-0.3, -0.25) is 9.32 Å². The average molecular weight is 320 g/mol. The van der Waals surface area contributed by atoms with E-state index in [1.807, 2.05) is 0 Å². The highest BCUT2D eigenvalue weighted by atomic mass is 31.2. The maximum absolute atomic E-state index is 11.2. The minimum Gasteiger partial charge on any atom is -0.390 e. The van der Waals surface area contributed by atoms with Gasteiger partial charge in [0.1, 0.15) is 11.9 Å². The first-order valence-electron chi connectivity index (χ1n) is 6.21. The van der Waals surface area contributed by atoms with E-state index in [9.17, 15) is 19.6 Å². The second-order valence-electron chi connectivity index (χ2n) is 4.99. The second-order valence-corrected chi connectivity index (χ2v) is 6.23. The van der Waals surface area contributed by atoms with E-state index >= 15 is 0 Å². The number of phosphoric acid groups is 1. The number of rotatable bonds is 4. The lowest BCUT2D eigenvalue weighted by molar-refractivity contribution is -0.116. The van der Waals surface area contributed by atoms with E-state index in [0.29, 0.717) is 0 Å². The Labute approximate surface area is 120 Å². The standard InChI is InChI=1S/C11H17N2O7P/c1-6-12-9(14)2-3-13(6)8-4-7(10(15)11(8)16)5-20-21(17,18)19/h2-3,7-8,10-11,15-16H,1,4-5H2,(H,12,14)(H2,17,18,19)/t7-,8-,10-,11?/m1/s1. The van der Waals surface area contributed by atoms with Gasteiger partial charge < -0.3 is 30.2 Å². The van der Waals surface area contributed by atoms with Crippen molar-refractivity contribution in [2.75, 3.05) is 6.61 Å². The third-order valence-electron chi connectivity index (χ3n) is 3.55. The molecule has 1 saturated carbocycles. The molecule has 118 valence electrons. The van der Waals surface area contributed by atoms with E-state index in [4.69, 9.17) is 9.79 Å². The second kappa shape index (κ2) is 5.88. The van der Waals surface area contributed by atoms with Crippen LogP contribution in [0.2, 0.25) is 0 Å². The van der Waals surface area contributed by atoms with Crippen LogP contribution in [0, 0.1) is 5.92 Å². The van der Waals surface area contributed by atoms with Gasteiger partial charge in [0, 0.05) is 18.2 Å².